The fourth-order valence-electron chi connectivity index (χ4n) is 3.18. The molecule has 0 atom stereocenters. The molecule has 0 aliphatic heterocycles. The van der Waals surface area contributed by atoms with Crippen LogP contribution in [0.25, 0.3) is 10.9 Å². The molecule has 4 aromatic rings. The lowest BCUT2D eigenvalue weighted by molar-refractivity contribution is 0.0988. The summed E-state index contributed by atoms with van der Waals surface area (Å²) in [4.78, 5) is 33.9. The lowest BCUT2D eigenvalue weighted by Crippen LogP contribution is -2.31. The summed E-state index contributed by atoms with van der Waals surface area (Å²) in [7, 11) is 0. The van der Waals surface area contributed by atoms with Gasteiger partial charge in [-0.2, -0.15) is 0 Å². The van der Waals surface area contributed by atoms with Crippen LogP contribution in [-0.2, 0) is 6.54 Å². The first-order valence-corrected chi connectivity index (χ1v) is 10.1. The van der Waals surface area contributed by atoms with Gasteiger partial charge in [0.15, 0.2) is 11.6 Å². The number of nitrogens with zero attached hydrogens (tertiary/aromatic N) is 2. The van der Waals surface area contributed by atoms with Crippen molar-refractivity contribution >= 4 is 45.4 Å². The molecule has 2 heterocycles. The van der Waals surface area contributed by atoms with Crippen molar-refractivity contribution in [1.82, 2.24) is 9.97 Å². The van der Waals surface area contributed by atoms with Gasteiger partial charge in [-0.25, -0.2) is 13.8 Å². The maximum absolute atomic E-state index is 13.9. The van der Waals surface area contributed by atoms with E-state index in [-0.39, 0.29) is 18.0 Å². The number of thiazole rings is 1. The quantitative estimate of drug-likeness (QED) is 0.477. The predicted octanol–water partition coefficient (Wildman–Crippen LogP) is 5.07. The largest absolute Gasteiger partial charge is 0.322 e. The summed E-state index contributed by atoms with van der Waals surface area (Å²) in [6.07, 6.45) is 0. The van der Waals surface area contributed by atoms with E-state index in [1.807, 2.05) is 0 Å². The third-order valence-electron chi connectivity index (χ3n) is 4.60. The molecule has 152 valence electrons. The number of carbonyl (C=O) groups is 1. The average molecular weight is 446 g/mol. The van der Waals surface area contributed by atoms with Gasteiger partial charge < -0.3 is 9.88 Å². The van der Waals surface area contributed by atoms with Crippen LogP contribution in [-0.4, -0.2) is 15.9 Å². The zero-order valence-electron chi connectivity index (χ0n) is 15.6. The Kier molecular flexibility index (Phi) is 5.36. The molecule has 30 heavy (non-hydrogen) atoms. The smallest absolute Gasteiger partial charge is 0.270 e. The number of amides is 1. The van der Waals surface area contributed by atoms with Gasteiger partial charge in [0.25, 0.3) is 5.91 Å². The zero-order valence-corrected chi connectivity index (χ0v) is 17.2. The second-order valence-corrected chi connectivity index (χ2v) is 7.90. The lowest BCUT2D eigenvalue weighted by atomic mass is 10.1. The van der Waals surface area contributed by atoms with Gasteiger partial charge in [-0.1, -0.05) is 17.7 Å². The average Bonchev–Trinajstić information content (AvgIpc) is 3.13. The number of carbonyl (C=O) groups excluding carboxylic acids is 1. The maximum Gasteiger partial charge on any atom is 0.270 e. The van der Waals surface area contributed by atoms with E-state index >= 15 is 0 Å². The van der Waals surface area contributed by atoms with E-state index in [0.29, 0.717) is 32.2 Å². The molecule has 0 bridgehead atoms. The van der Waals surface area contributed by atoms with E-state index in [2.05, 4.69) is 9.97 Å². The van der Waals surface area contributed by atoms with Crippen LogP contribution in [0, 0.1) is 18.6 Å². The molecule has 1 amide bonds. The van der Waals surface area contributed by atoms with Crippen molar-refractivity contribution in [2.24, 2.45) is 0 Å². The van der Waals surface area contributed by atoms with Crippen molar-refractivity contribution < 1.29 is 13.6 Å². The first-order chi connectivity index (χ1) is 14.3. The van der Waals surface area contributed by atoms with Gasteiger partial charge >= 0.3 is 0 Å². The van der Waals surface area contributed by atoms with Crippen molar-refractivity contribution in [3.05, 3.63) is 91.1 Å². The van der Waals surface area contributed by atoms with Crippen molar-refractivity contribution in [3.63, 3.8) is 0 Å². The summed E-state index contributed by atoms with van der Waals surface area (Å²) < 4.78 is 27.6. The van der Waals surface area contributed by atoms with Gasteiger partial charge in [-0.05, 0) is 36.8 Å². The first-order valence-electron chi connectivity index (χ1n) is 8.82. The van der Waals surface area contributed by atoms with E-state index < -0.39 is 17.2 Å². The topological polar surface area (TPSA) is 66.1 Å². The number of H-pyrrole nitrogens is 1. The Bertz CT molecular complexity index is 1340. The SMILES string of the molecule is Cc1ncsc1C(=O)N(Cc1cc(=O)[nH]c2cc(F)c(F)cc12)c1cccc(Cl)c1. The molecule has 0 fully saturated rings. The van der Waals surface area contributed by atoms with Gasteiger partial charge in [0.2, 0.25) is 5.56 Å². The van der Waals surface area contributed by atoms with Crippen LogP contribution in [0.15, 0.2) is 52.8 Å². The summed E-state index contributed by atoms with van der Waals surface area (Å²) in [5.41, 5.74) is 2.65. The molecule has 9 heteroatoms. The monoisotopic (exact) mass is 445 g/mol. The van der Waals surface area contributed by atoms with Gasteiger partial charge in [0.05, 0.1) is 23.3 Å². The highest BCUT2D eigenvalue weighted by Crippen LogP contribution is 2.28. The molecule has 0 unspecified atom stereocenters. The third kappa shape index (κ3) is 3.83. The van der Waals surface area contributed by atoms with E-state index in [0.717, 1.165) is 12.1 Å². The van der Waals surface area contributed by atoms with Gasteiger partial charge in [0.1, 0.15) is 4.88 Å². The van der Waals surface area contributed by atoms with E-state index in [4.69, 9.17) is 11.6 Å². The Morgan fingerprint density at radius 1 is 1.20 bits per heavy atom. The Labute approximate surface area is 178 Å². The van der Waals surface area contributed by atoms with E-state index in [9.17, 15) is 18.4 Å². The maximum atomic E-state index is 13.9. The Hall–Kier alpha value is -3.10. The van der Waals surface area contributed by atoms with Crippen molar-refractivity contribution in [3.8, 4) is 0 Å². The lowest BCUT2D eigenvalue weighted by Gasteiger charge is -2.23. The highest BCUT2D eigenvalue weighted by molar-refractivity contribution is 7.12. The zero-order chi connectivity index (χ0) is 21.4. The number of pyridine rings is 1. The molecule has 0 saturated heterocycles. The summed E-state index contributed by atoms with van der Waals surface area (Å²) in [6, 6.07) is 9.89. The molecule has 5 nitrogen and oxygen atoms in total. The molecule has 2 aromatic carbocycles. The minimum atomic E-state index is -1.07. The second kappa shape index (κ2) is 7.97. The van der Waals surface area contributed by atoms with E-state index in [1.165, 1.54) is 22.3 Å². The van der Waals surface area contributed by atoms with Crippen LogP contribution in [0.5, 0.6) is 0 Å². The van der Waals surface area contributed by atoms with Crippen LogP contribution < -0.4 is 10.5 Å². The number of aromatic amines is 1. The van der Waals surface area contributed by atoms with Gasteiger partial charge in [-0.15, -0.1) is 11.3 Å². The third-order valence-corrected chi connectivity index (χ3v) is 5.75. The van der Waals surface area contributed by atoms with Crippen LogP contribution in [0.3, 0.4) is 0 Å². The second-order valence-electron chi connectivity index (χ2n) is 6.61. The number of hydrogen-bond donors (Lipinski definition) is 1. The first kappa shape index (κ1) is 20.2. The Morgan fingerprint density at radius 3 is 2.67 bits per heavy atom. The highest BCUT2D eigenvalue weighted by atomic mass is 35.5. The van der Waals surface area contributed by atoms with Gasteiger partial charge in [0, 0.05) is 28.2 Å². The number of aromatic nitrogens is 2. The summed E-state index contributed by atoms with van der Waals surface area (Å²) in [6.45, 7) is 1.67. The van der Waals surface area contributed by atoms with Crippen molar-refractivity contribution in [2.45, 2.75) is 13.5 Å². The fraction of sp³-hybridized carbons (Fsp3) is 0.0952. The minimum Gasteiger partial charge on any atom is -0.322 e. The number of benzene rings is 2. The number of hydrogen-bond acceptors (Lipinski definition) is 4. The normalized spacial score (nSPS) is 11.1. The molecule has 0 saturated carbocycles. The van der Waals surface area contributed by atoms with Crippen LogP contribution in [0.1, 0.15) is 20.9 Å². The van der Waals surface area contributed by atoms with Crippen LogP contribution in [0.4, 0.5) is 14.5 Å². The standard InChI is InChI=1S/C21H14ClF2N3O2S/c1-11-20(30-10-25-11)21(29)27(14-4-2-3-13(22)6-14)9-12-5-19(28)26-18-8-17(24)16(23)7-15(12)18/h2-8,10H,9H2,1H3,(H,26,28). The summed E-state index contributed by atoms with van der Waals surface area (Å²) >= 11 is 7.31. The number of anilines is 1. The molecule has 0 spiro atoms. The molecule has 4 rings (SSSR count). The number of halogens is 3. The molecular weight excluding hydrogens is 432 g/mol. The molecule has 0 aliphatic carbocycles. The van der Waals surface area contributed by atoms with Crippen LogP contribution >= 0.6 is 22.9 Å². The fourth-order valence-corrected chi connectivity index (χ4v) is 4.11. The number of nitrogens with one attached hydrogen (secondary N) is 1. The predicted molar refractivity (Wildman–Crippen MR) is 113 cm³/mol. The van der Waals surface area contributed by atoms with E-state index in [1.54, 1.807) is 36.7 Å². The minimum absolute atomic E-state index is 0.0536. The molecule has 1 N–H and O–H groups in total. The highest BCUT2D eigenvalue weighted by Gasteiger charge is 2.23. The number of aryl methyl sites for hydroxylation is 1. The number of rotatable bonds is 4. The van der Waals surface area contributed by atoms with Crippen molar-refractivity contribution in [2.75, 3.05) is 4.90 Å². The number of fused-ring (bicyclic) bond motifs is 1. The van der Waals surface area contributed by atoms with Gasteiger partial charge in [-0.3, -0.25) is 9.59 Å². The van der Waals surface area contributed by atoms with Crippen molar-refractivity contribution in [1.29, 1.82) is 0 Å². The Morgan fingerprint density at radius 2 is 1.97 bits per heavy atom. The molecule has 0 radical (unpaired) electrons. The van der Waals surface area contributed by atoms with Crippen LogP contribution in [0.2, 0.25) is 5.02 Å². The summed E-state index contributed by atoms with van der Waals surface area (Å²) in [5, 5.41) is 0.726. The summed E-state index contributed by atoms with van der Waals surface area (Å²) in [5.74, 6) is -2.46. The molecule has 2 aromatic heterocycles. The Balaban J connectivity index is 1.87. The molecular formula is C21H14ClF2N3O2S. The molecule has 0 aliphatic rings.